The van der Waals surface area contributed by atoms with E-state index in [2.05, 4.69) is 46.0 Å². The van der Waals surface area contributed by atoms with E-state index < -0.39 is 0 Å². The molecule has 0 saturated heterocycles. The van der Waals surface area contributed by atoms with E-state index >= 15 is 0 Å². The van der Waals surface area contributed by atoms with Crippen molar-refractivity contribution >= 4 is 35.6 Å². The molecule has 0 radical (unpaired) electrons. The Morgan fingerprint density at radius 3 is 2.48 bits per heavy atom. The first-order chi connectivity index (χ1) is 12.8. The lowest BCUT2D eigenvalue weighted by Gasteiger charge is -2.19. The normalized spacial score (nSPS) is 17.3. The number of ether oxygens (including phenoxy) is 2. The topological polar surface area (TPSA) is 54.9 Å². The van der Waals surface area contributed by atoms with Crippen LogP contribution in [0.25, 0.3) is 0 Å². The van der Waals surface area contributed by atoms with Gasteiger partial charge >= 0.3 is 0 Å². The minimum absolute atomic E-state index is 0. The van der Waals surface area contributed by atoms with Gasteiger partial charge in [0.1, 0.15) is 0 Å². The van der Waals surface area contributed by atoms with Crippen LogP contribution in [0.2, 0.25) is 0 Å². The Bertz CT molecular complexity index is 791. The summed E-state index contributed by atoms with van der Waals surface area (Å²) in [6.45, 7) is 2.26. The second-order valence-corrected chi connectivity index (χ2v) is 6.91. The van der Waals surface area contributed by atoms with E-state index in [0.29, 0.717) is 13.2 Å². The fraction of sp³-hybridized carbons (Fsp3) is 0.381. The predicted octanol–water partition coefficient (Wildman–Crippen LogP) is 4.19. The summed E-state index contributed by atoms with van der Waals surface area (Å²) in [6, 6.07) is 16.6. The number of anilines is 1. The van der Waals surface area contributed by atoms with Crippen molar-refractivity contribution in [3.05, 3.63) is 54.1 Å². The number of hydrogen-bond acceptors (Lipinski definition) is 3. The maximum Gasteiger partial charge on any atom is 0.195 e. The molecule has 1 aliphatic carbocycles. The highest BCUT2D eigenvalue weighted by molar-refractivity contribution is 14.0. The molecule has 2 N–H and O–H groups in total. The molecule has 144 valence electrons. The number of fused-ring (bicyclic) bond motifs is 1. The van der Waals surface area contributed by atoms with Crippen molar-refractivity contribution in [2.24, 2.45) is 4.99 Å². The van der Waals surface area contributed by atoms with E-state index in [1.807, 2.05) is 18.2 Å². The molecule has 0 bridgehead atoms. The van der Waals surface area contributed by atoms with Gasteiger partial charge in [-0.05, 0) is 30.5 Å². The van der Waals surface area contributed by atoms with Crippen LogP contribution in [0.4, 0.5) is 5.69 Å². The van der Waals surface area contributed by atoms with E-state index in [9.17, 15) is 0 Å². The first kappa shape index (κ1) is 19.8. The number of rotatable bonds is 4. The van der Waals surface area contributed by atoms with Gasteiger partial charge in [0.2, 0.25) is 0 Å². The summed E-state index contributed by atoms with van der Waals surface area (Å²) in [5.74, 6) is 2.35. The molecule has 27 heavy (non-hydrogen) atoms. The van der Waals surface area contributed by atoms with Crippen molar-refractivity contribution in [2.45, 2.75) is 24.7 Å². The molecule has 2 aromatic carbocycles. The summed E-state index contributed by atoms with van der Waals surface area (Å²) in [4.78, 5) is 4.36. The number of nitrogens with zero attached hydrogens (tertiary/aromatic N) is 1. The molecule has 1 fully saturated rings. The van der Waals surface area contributed by atoms with E-state index in [-0.39, 0.29) is 29.4 Å². The Balaban J connectivity index is 0.00000210. The van der Waals surface area contributed by atoms with Gasteiger partial charge < -0.3 is 20.1 Å². The summed E-state index contributed by atoms with van der Waals surface area (Å²) in [6.07, 6.45) is 3.33. The van der Waals surface area contributed by atoms with Gasteiger partial charge in [-0.1, -0.05) is 30.3 Å². The SMILES string of the molecule is CN=C(NCC1(c2ccccc2)CC1)Nc1ccc2c(c1)OCCCO2.I. The van der Waals surface area contributed by atoms with Gasteiger partial charge in [0.05, 0.1) is 13.2 Å². The van der Waals surface area contributed by atoms with Crippen LogP contribution >= 0.6 is 24.0 Å². The van der Waals surface area contributed by atoms with Gasteiger partial charge in [0.15, 0.2) is 17.5 Å². The third-order valence-corrected chi connectivity index (χ3v) is 5.07. The molecular formula is C21H26IN3O2. The number of benzene rings is 2. The molecule has 1 heterocycles. The summed E-state index contributed by atoms with van der Waals surface area (Å²) < 4.78 is 11.4. The van der Waals surface area contributed by atoms with Crippen LogP contribution in [0.5, 0.6) is 11.5 Å². The molecule has 2 aliphatic rings. The highest BCUT2D eigenvalue weighted by atomic mass is 127. The quantitative estimate of drug-likeness (QED) is 0.393. The van der Waals surface area contributed by atoms with Crippen LogP contribution in [0.15, 0.2) is 53.5 Å². The Hall–Kier alpha value is -1.96. The van der Waals surface area contributed by atoms with Gasteiger partial charge in [-0.25, -0.2) is 0 Å². The van der Waals surface area contributed by atoms with E-state index in [4.69, 9.17) is 9.47 Å². The highest BCUT2D eigenvalue weighted by Crippen LogP contribution is 2.47. The maximum absolute atomic E-state index is 5.76. The number of halogens is 1. The molecule has 0 unspecified atom stereocenters. The second-order valence-electron chi connectivity index (χ2n) is 6.91. The minimum Gasteiger partial charge on any atom is -0.490 e. The fourth-order valence-electron chi connectivity index (χ4n) is 3.32. The Morgan fingerprint density at radius 1 is 1.04 bits per heavy atom. The smallest absolute Gasteiger partial charge is 0.195 e. The lowest BCUT2D eigenvalue weighted by molar-refractivity contribution is 0.297. The lowest BCUT2D eigenvalue weighted by Crippen LogP contribution is -2.36. The average molecular weight is 479 g/mol. The number of hydrogen-bond donors (Lipinski definition) is 2. The second kappa shape index (κ2) is 8.82. The van der Waals surface area contributed by atoms with Crippen molar-refractivity contribution in [1.29, 1.82) is 0 Å². The molecule has 1 aliphatic heterocycles. The number of aliphatic imine (C=N–C) groups is 1. The van der Waals surface area contributed by atoms with Crippen LogP contribution < -0.4 is 20.1 Å². The zero-order chi connectivity index (χ0) is 17.8. The van der Waals surface area contributed by atoms with E-state index in [0.717, 1.165) is 36.1 Å². The first-order valence-corrected chi connectivity index (χ1v) is 9.22. The van der Waals surface area contributed by atoms with Crippen molar-refractivity contribution in [2.75, 3.05) is 32.1 Å². The first-order valence-electron chi connectivity index (χ1n) is 9.22. The van der Waals surface area contributed by atoms with Crippen molar-refractivity contribution in [3.8, 4) is 11.5 Å². The molecule has 0 spiro atoms. The predicted molar refractivity (Wildman–Crippen MR) is 120 cm³/mol. The lowest BCUT2D eigenvalue weighted by atomic mass is 9.96. The monoisotopic (exact) mass is 479 g/mol. The van der Waals surface area contributed by atoms with Crippen molar-refractivity contribution in [3.63, 3.8) is 0 Å². The van der Waals surface area contributed by atoms with Gasteiger partial charge in [0, 0.05) is 37.2 Å². The van der Waals surface area contributed by atoms with Crippen LogP contribution in [-0.2, 0) is 5.41 Å². The fourth-order valence-corrected chi connectivity index (χ4v) is 3.32. The molecule has 5 nitrogen and oxygen atoms in total. The zero-order valence-electron chi connectivity index (χ0n) is 15.5. The van der Waals surface area contributed by atoms with Crippen molar-refractivity contribution in [1.82, 2.24) is 5.32 Å². The largest absolute Gasteiger partial charge is 0.490 e. The van der Waals surface area contributed by atoms with Gasteiger partial charge in [-0.15, -0.1) is 24.0 Å². The summed E-state index contributed by atoms with van der Waals surface area (Å²) in [5, 5.41) is 6.83. The number of guanidine groups is 1. The Morgan fingerprint density at radius 2 is 1.78 bits per heavy atom. The molecular weight excluding hydrogens is 453 g/mol. The van der Waals surface area contributed by atoms with E-state index in [1.54, 1.807) is 7.05 Å². The van der Waals surface area contributed by atoms with Crippen LogP contribution in [0.3, 0.4) is 0 Å². The molecule has 6 heteroatoms. The Kier molecular flexibility index (Phi) is 6.46. The van der Waals surface area contributed by atoms with Crippen LogP contribution in [-0.4, -0.2) is 32.8 Å². The van der Waals surface area contributed by atoms with Crippen molar-refractivity contribution < 1.29 is 9.47 Å². The number of nitrogens with one attached hydrogen (secondary N) is 2. The average Bonchev–Trinajstić information content (AvgIpc) is 3.50. The summed E-state index contributed by atoms with van der Waals surface area (Å²) in [7, 11) is 1.79. The Labute approximate surface area is 177 Å². The standard InChI is InChI=1S/C21H25N3O2.HI/c1-22-20(23-15-21(10-11-21)16-6-3-2-4-7-16)24-17-8-9-18-19(14-17)26-13-5-12-25-18;/h2-4,6-9,14H,5,10-13,15H2,1H3,(H2,22,23,24);1H. The third kappa shape index (κ3) is 4.66. The summed E-state index contributed by atoms with van der Waals surface area (Å²) in [5.41, 5.74) is 2.58. The molecule has 1 saturated carbocycles. The highest BCUT2D eigenvalue weighted by Gasteiger charge is 2.44. The van der Waals surface area contributed by atoms with Gasteiger partial charge in [-0.2, -0.15) is 0 Å². The van der Waals surface area contributed by atoms with Crippen LogP contribution in [0.1, 0.15) is 24.8 Å². The van der Waals surface area contributed by atoms with Gasteiger partial charge in [0.25, 0.3) is 0 Å². The van der Waals surface area contributed by atoms with E-state index in [1.165, 1.54) is 18.4 Å². The minimum atomic E-state index is 0. The molecule has 2 aromatic rings. The zero-order valence-corrected chi connectivity index (χ0v) is 17.9. The van der Waals surface area contributed by atoms with Crippen LogP contribution in [0, 0.1) is 0 Å². The molecule has 0 atom stereocenters. The molecule has 4 rings (SSSR count). The van der Waals surface area contributed by atoms with Gasteiger partial charge in [-0.3, -0.25) is 4.99 Å². The summed E-state index contributed by atoms with van der Waals surface area (Å²) >= 11 is 0. The maximum atomic E-state index is 5.76. The third-order valence-electron chi connectivity index (χ3n) is 5.07. The molecule has 0 amide bonds. The molecule has 0 aromatic heterocycles.